The number of carbonyl (C=O) groups is 1. The maximum absolute atomic E-state index is 11.9. The van der Waals surface area contributed by atoms with Gasteiger partial charge in [-0.25, -0.2) is 4.79 Å². The minimum absolute atomic E-state index is 0.0380. The molecule has 4 heteroatoms. The predicted molar refractivity (Wildman–Crippen MR) is 113 cm³/mol. The highest BCUT2D eigenvalue weighted by Crippen LogP contribution is 2.54. The molecule has 3 atom stereocenters. The Kier molecular flexibility index (Phi) is 4.27. The summed E-state index contributed by atoms with van der Waals surface area (Å²) in [7, 11) is 0. The molecule has 0 bridgehead atoms. The van der Waals surface area contributed by atoms with Gasteiger partial charge in [0.1, 0.15) is 5.75 Å². The van der Waals surface area contributed by atoms with Crippen LogP contribution < -0.4 is 10.1 Å². The van der Waals surface area contributed by atoms with Gasteiger partial charge in [-0.2, -0.15) is 0 Å². The number of anilines is 1. The molecule has 0 unspecified atom stereocenters. The van der Waals surface area contributed by atoms with Gasteiger partial charge in [0, 0.05) is 5.92 Å². The lowest BCUT2D eigenvalue weighted by Crippen LogP contribution is -2.31. The number of carboxylic acids is 1. The molecule has 1 aliphatic carbocycles. The van der Waals surface area contributed by atoms with Crippen molar-refractivity contribution in [3.05, 3.63) is 94.5 Å². The molecule has 0 saturated heterocycles. The lowest BCUT2D eigenvalue weighted by atomic mass is 9.75. The Morgan fingerprint density at radius 1 is 1.03 bits per heavy atom. The molecule has 2 N–H and O–H groups in total. The van der Waals surface area contributed by atoms with Crippen LogP contribution in [0, 0.1) is 5.92 Å². The van der Waals surface area contributed by atoms with Gasteiger partial charge in [0.15, 0.2) is 0 Å². The van der Waals surface area contributed by atoms with Crippen LogP contribution in [0.3, 0.4) is 0 Å². The Hall–Kier alpha value is -3.27. The minimum Gasteiger partial charge on any atom is -0.494 e. The van der Waals surface area contributed by atoms with Gasteiger partial charge in [-0.05, 0) is 59.7 Å². The molecule has 3 aromatic rings. The fourth-order valence-electron chi connectivity index (χ4n) is 5.03. The molecule has 0 saturated carbocycles. The summed E-state index contributed by atoms with van der Waals surface area (Å²) in [4.78, 5) is 11.9. The third kappa shape index (κ3) is 2.87. The van der Waals surface area contributed by atoms with Gasteiger partial charge in [0.05, 0.1) is 23.9 Å². The smallest absolute Gasteiger partial charge is 0.337 e. The topological polar surface area (TPSA) is 58.6 Å². The van der Waals surface area contributed by atoms with Crippen LogP contribution in [0.15, 0.2) is 66.7 Å². The molecule has 3 aromatic carbocycles. The number of benzene rings is 3. The van der Waals surface area contributed by atoms with Gasteiger partial charge >= 0.3 is 5.97 Å². The number of nitrogens with one attached hydrogen (secondary N) is 1. The van der Waals surface area contributed by atoms with Gasteiger partial charge in [-0.3, -0.25) is 0 Å². The molecule has 1 aliphatic heterocycles. The number of para-hydroxylation sites is 1. The number of aromatic carboxylic acids is 1. The van der Waals surface area contributed by atoms with Crippen molar-refractivity contribution in [2.24, 2.45) is 5.92 Å². The Labute approximate surface area is 170 Å². The lowest BCUT2D eigenvalue weighted by molar-refractivity contribution is 0.0697. The maximum atomic E-state index is 11.9. The second-order valence-corrected chi connectivity index (χ2v) is 7.74. The first-order valence-electron chi connectivity index (χ1n) is 10.1. The molecule has 0 amide bonds. The summed E-state index contributed by atoms with van der Waals surface area (Å²) in [6.07, 6.45) is 0.975. The Bertz CT molecular complexity index is 1070. The van der Waals surface area contributed by atoms with E-state index in [1.165, 1.54) is 11.1 Å². The van der Waals surface area contributed by atoms with Gasteiger partial charge in [-0.1, -0.05) is 48.5 Å². The molecule has 2 aliphatic rings. The third-order valence-electron chi connectivity index (χ3n) is 6.21. The zero-order chi connectivity index (χ0) is 20.0. The monoisotopic (exact) mass is 385 g/mol. The van der Waals surface area contributed by atoms with E-state index in [0.29, 0.717) is 18.1 Å². The maximum Gasteiger partial charge on any atom is 0.337 e. The fraction of sp³-hybridized carbons (Fsp3) is 0.240. The molecule has 146 valence electrons. The van der Waals surface area contributed by atoms with Crippen LogP contribution in [0.4, 0.5) is 5.69 Å². The van der Waals surface area contributed by atoms with Gasteiger partial charge < -0.3 is 15.2 Å². The quantitative estimate of drug-likeness (QED) is 0.644. The highest BCUT2D eigenvalue weighted by molar-refractivity contribution is 5.96. The second-order valence-electron chi connectivity index (χ2n) is 7.74. The zero-order valence-corrected chi connectivity index (χ0v) is 16.3. The van der Waals surface area contributed by atoms with Crippen LogP contribution >= 0.6 is 0 Å². The van der Waals surface area contributed by atoms with Crippen LogP contribution in [0.2, 0.25) is 0 Å². The van der Waals surface area contributed by atoms with Crippen molar-refractivity contribution >= 4 is 11.7 Å². The Balaban J connectivity index is 1.64. The lowest BCUT2D eigenvalue weighted by Gasteiger charge is -2.38. The largest absolute Gasteiger partial charge is 0.494 e. The first kappa shape index (κ1) is 17.8. The van der Waals surface area contributed by atoms with E-state index in [9.17, 15) is 9.90 Å². The average molecular weight is 385 g/mol. The summed E-state index contributed by atoms with van der Waals surface area (Å²) in [5.41, 5.74) is 6.00. The molecule has 5 rings (SSSR count). The summed E-state index contributed by atoms with van der Waals surface area (Å²) in [6, 6.07) is 22.4. The number of hydrogen-bond donors (Lipinski definition) is 2. The van der Waals surface area contributed by atoms with Crippen LogP contribution in [0.25, 0.3) is 0 Å². The average Bonchev–Trinajstić information content (AvgIpc) is 3.13. The molecule has 4 nitrogen and oxygen atoms in total. The van der Waals surface area contributed by atoms with E-state index >= 15 is 0 Å². The highest BCUT2D eigenvalue weighted by Gasteiger charge is 2.44. The van der Waals surface area contributed by atoms with Gasteiger partial charge in [0.25, 0.3) is 0 Å². The van der Waals surface area contributed by atoms with Crippen molar-refractivity contribution in [1.29, 1.82) is 0 Å². The van der Waals surface area contributed by atoms with Crippen molar-refractivity contribution in [2.75, 3.05) is 11.9 Å². The summed E-state index contributed by atoms with van der Waals surface area (Å²) in [5, 5.41) is 13.4. The molecule has 29 heavy (non-hydrogen) atoms. The third-order valence-corrected chi connectivity index (χ3v) is 6.21. The van der Waals surface area contributed by atoms with Crippen LogP contribution in [-0.4, -0.2) is 17.7 Å². The number of hydrogen-bond acceptors (Lipinski definition) is 3. The van der Waals surface area contributed by atoms with Crippen molar-refractivity contribution in [3.8, 4) is 5.75 Å². The molecular formula is C25H23NO3. The zero-order valence-electron chi connectivity index (χ0n) is 16.3. The molecule has 0 fully saturated rings. The first-order valence-corrected chi connectivity index (χ1v) is 10.1. The standard InChI is InChI=1S/C25H23NO3/c1-2-29-17-12-10-15(11-13-17)23-21-14-16-6-3-4-7-18(16)22(21)19-8-5-9-20(25(27)28)24(19)26-23/h3-13,21-23,26H,2,14H2,1H3,(H,27,28)/t21-,22+,23+/m1/s1. The number of fused-ring (bicyclic) bond motifs is 5. The Morgan fingerprint density at radius 3 is 2.55 bits per heavy atom. The number of ether oxygens (including phenoxy) is 1. The van der Waals surface area contributed by atoms with Crippen LogP contribution in [0.5, 0.6) is 5.75 Å². The second kappa shape index (κ2) is 6.96. The predicted octanol–water partition coefficient (Wildman–Crippen LogP) is 5.25. The summed E-state index contributed by atoms with van der Waals surface area (Å²) in [6.45, 7) is 2.61. The van der Waals surface area contributed by atoms with E-state index < -0.39 is 5.97 Å². The highest BCUT2D eigenvalue weighted by atomic mass is 16.5. The fourth-order valence-corrected chi connectivity index (χ4v) is 5.03. The van der Waals surface area contributed by atoms with E-state index in [4.69, 9.17) is 4.74 Å². The van der Waals surface area contributed by atoms with Crippen LogP contribution in [0.1, 0.15) is 51.5 Å². The SMILES string of the molecule is CCOc1ccc([C@@H]2Nc3c(C(=O)O)cccc3[C@@H]3c4ccccc4C[C@H]32)cc1. The van der Waals surface area contributed by atoms with Crippen molar-refractivity contribution in [3.63, 3.8) is 0 Å². The summed E-state index contributed by atoms with van der Waals surface area (Å²) >= 11 is 0. The van der Waals surface area contributed by atoms with E-state index in [0.717, 1.165) is 29.0 Å². The van der Waals surface area contributed by atoms with E-state index in [1.54, 1.807) is 6.07 Å². The van der Waals surface area contributed by atoms with Crippen LogP contribution in [-0.2, 0) is 6.42 Å². The first-order chi connectivity index (χ1) is 14.2. The molecular weight excluding hydrogens is 362 g/mol. The van der Waals surface area contributed by atoms with E-state index in [1.807, 2.05) is 25.1 Å². The normalized spacial score (nSPS) is 21.5. The number of carboxylic acid groups (broad SMARTS) is 1. The molecule has 1 heterocycles. The van der Waals surface area contributed by atoms with Crippen molar-refractivity contribution in [1.82, 2.24) is 0 Å². The summed E-state index contributed by atoms with van der Waals surface area (Å²) in [5.74, 6) is 0.481. The molecule has 0 radical (unpaired) electrons. The molecule has 0 aromatic heterocycles. The van der Waals surface area contributed by atoms with Gasteiger partial charge in [0.2, 0.25) is 0 Å². The Morgan fingerprint density at radius 2 is 1.79 bits per heavy atom. The van der Waals surface area contributed by atoms with Crippen molar-refractivity contribution in [2.45, 2.75) is 25.3 Å². The summed E-state index contributed by atoms with van der Waals surface area (Å²) < 4.78 is 5.59. The van der Waals surface area contributed by atoms with E-state index in [-0.39, 0.29) is 12.0 Å². The van der Waals surface area contributed by atoms with Crippen molar-refractivity contribution < 1.29 is 14.6 Å². The van der Waals surface area contributed by atoms with E-state index in [2.05, 4.69) is 47.8 Å². The minimum atomic E-state index is -0.899. The molecule has 0 spiro atoms. The van der Waals surface area contributed by atoms with Gasteiger partial charge in [-0.15, -0.1) is 0 Å². The number of rotatable bonds is 4.